The van der Waals surface area contributed by atoms with E-state index in [0.717, 1.165) is 5.56 Å². The number of aryl methyl sites for hydroxylation is 1. The number of hydrogen-bond donors (Lipinski definition) is 3. The molecule has 0 aliphatic rings. The zero-order valence-corrected chi connectivity index (χ0v) is 12.6. The first-order valence-corrected chi connectivity index (χ1v) is 6.81. The summed E-state index contributed by atoms with van der Waals surface area (Å²) in [5.74, 6) is -1.58. The lowest BCUT2D eigenvalue weighted by atomic mass is 10.1. The number of ether oxygens (including phenoxy) is 1. The number of carboxylic acid groups (broad SMARTS) is 1. The van der Waals surface area contributed by atoms with Gasteiger partial charge in [-0.05, 0) is 24.1 Å². The Balaban J connectivity index is 2.47. The third-order valence-corrected chi connectivity index (χ3v) is 3.10. The molecule has 1 rings (SSSR count). The molecule has 0 aliphatic carbocycles. The quantitative estimate of drug-likeness (QED) is 0.636. The van der Waals surface area contributed by atoms with Crippen LogP contribution in [0.1, 0.15) is 22.3 Å². The van der Waals surface area contributed by atoms with Crippen molar-refractivity contribution in [3.8, 4) is 0 Å². The summed E-state index contributed by atoms with van der Waals surface area (Å²) >= 11 is 0. The van der Waals surface area contributed by atoms with E-state index in [9.17, 15) is 14.4 Å². The summed E-state index contributed by atoms with van der Waals surface area (Å²) in [7, 11) is 2.83. The minimum absolute atomic E-state index is 0.0804. The van der Waals surface area contributed by atoms with Crippen molar-refractivity contribution in [2.45, 2.75) is 18.9 Å². The number of rotatable bonds is 8. The number of methoxy groups -OCH3 is 1. The highest BCUT2D eigenvalue weighted by molar-refractivity contribution is 5.94. The van der Waals surface area contributed by atoms with Gasteiger partial charge in [0.05, 0.1) is 6.54 Å². The van der Waals surface area contributed by atoms with Gasteiger partial charge in [0.1, 0.15) is 0 Å². The Morgan fingerprint density at radius 2 is 2.05 bits per heavy atom. The van der Waals surface area contributed by atoms with Crippen LogP contribution >= 0.6 is 0 Å². The number of nitrogens with one attached hydrogen (secondary N) is 2. The molecule has 22 heavy (non-hydrogen) atoms. The van der Waals surface area contributed by atoms with Gasteiger partial charge in [-0.25, -0.2) is 4.79 Å². The fourth-order valence-electron chi connectivity index (χ4n) is 1.84. The van der Waals surface area contributed by atoms with Gasteiger partial charge in [-0.1, -0.05) is 12.1 Å². The van der Waals surface area contributed by atoms with Gasteiger partial charge in [-0.2, -0.15) is 0 Å². The van der Waals surface area contributed by atoms with E-state index in [-0.39, 0.29) is 24.8 Å². The maximum atomic E-state index is 11.7. The molecule has 1 unspecified atom stereocenters. The van der Waals surface area contributed by atoms with Crippen molar-refractivity contribution in [1.82, 2.24) is 10.6 Å². The highest BCUT2D eigenvalue weighted by atomic mass is 16.5. The second kappa shape index (κ2) is 8.78. The van der Waals surface area contributed by atoms with E-state index < -0.39 is 12.1 Å². The molecule has 7 heteroatoms. The van der Waals surface area contributed by atoms with Gasteiger partial charge in [-0.15, -0.1) is 0 Å². The van der Waals surface area contributed by atoms with E-state index in [1.165, 1.54) is 7.11 Å². The monoisotopic (exact) mass is 308 g/mol. The number of hydrogen-bond acceptors (Lipinski definition) is 4. The molecule has 2 amide bonds. The van der Waals surface area contributed by atoms with Crippen LogP contribution in [0.25, 0.3) is 0 Å². The predicted molar refractivity (Wildman–Crippen MR) is 79.6 cm³/mol. The summed E-state index contributed by atoms with van der Waals surface area (Å²) in [4.78, 5) is 34.0. The van der Waals surface area contributed by atoms with E-state index in [4.69, 9.17) is 9.84 Å². The van der Waals surface area contributed by atoms with Crippen LogP contribution < -0.4 is 10.6 Å². The topological polar surface area (TPSA) is 105 Å². The molecule has 0 fully saturated rings. The van der Waals surface area contributed by atoms with Crippen molar-refractivity contribution >= 4 is 17.8 Å². The first-order chi connectivity index (χ1) is 10.5. The number of benzene rings is 1. The van der Waals surface area contributed by atoms with Crippen molar-refractivity contribution in [2.75, 3.05) is 20.7 Å². The lowest BCUT2D eigenvalue weighted by molar-refractivity contribution is -0.148. The van der Waals surface area contributed by atoms with Gasteiger partial charge in [0.15, 0.2) is 6.10 Å². The molecule has 0 saturated carbocycles. The molecule has 0 bridgehead atoms. The van der Waals surface area contributed by atoms with Crippen LogP contribution in [0, 0.1) is 0 Å². The molecule has 0 saturated heterocycles. The molecule has 0 aromatic heterocycles. The smallest absolute Gasteiger partial charge is 0.334 e. The van der Waals surface area contributed by atoms with Crippen LogP contribution in [0.2, 0.25) is 0 Å². The van der Waals surface area contributed by atoms with Crippen molar-refractivity contribution in [1.29, 1.82) is 0 Å². The SMILES string of the molecule is CNC(=O)c1cccc(CCC(=O)NCC(OC)C(=O)O)c1. The minimum Gasteiger partial charge on any atom is -0.479 e. The zero-order chi connectivity index (χ0) is 16.5. The third kappa shape index (κ3) is 5.53. The molecule has 0 radical (unpaired) electrons. The molecule has 1 aromatic rings. The van der Waals surface area contributed by atoms with E-state index in [0.29, 0.717) is 12.0 Å². The predicted octanol–water partition coefficient (Wildman–Crippen LogP) is 0.195. The Hall–Kier alpha value is -2.41. The lowest BCUT2D eigenvalue weighted by Gasteiger charge is -2.11. The molecule has 3 N–H and O–H groups in total. The first-order valence-electron chi connectivity index (χ1n) is 6.81. The first kappa shape index (κ1) is 17.6. The van der Waals surface area contributed by atoms with Crippen LogP contribution in [0.15, 0.2) is 24.3 Å². The lowest BCUT2D eigenvalue weighted by Crippen LogP contribution is -2.37. The number of amides is 2. The van der Waals surface area contributed by atoms with Crippen molar-refractivity contribution in [3.05, 3.63) is 35.4 Å². The van der Waals surface area contributed by atoms with Crippen molar-refractivity contribution in [2.24, 2.45) is 0 Å². The zero-order valence-electron chi connectivity index (χ0n) is 12.6. The van der Waals surface area contributed by atoms with Gasteiger partial charge in [-0.3, -0.25) is 9.59 Å². The average Bonchev–Trinajstić information content (AvgIpc) is 2.52. The van der Waals surface area contributed by atoms with Crippen molar-refractivity contribution < 1.29 is 24.2 Å². The molecule has 120 valence electrons. The third-order valence-electron chi connectivity index (χ3n) is 3.10. The fourth-order valence-corrected chi connectivity index (χ4v) is 1.84. The second-order valence-corrected chi connectivity index (χ2v) is 4.65. The van der Waals surface area contributed by atoms with Gasteiger partial charge in [0.25, 0.3) is 5.91 Å². The number of carboxylic acids is 1. The van der Waals surface area contributed by atoms with Gasteiger partial charge in [0, 0.05) is 26.1 Å². The summed E-state index contributed by atoms with van der Waals surface area (Å²) < 4.78 is 4.72. The normalized spacial score (nSPS) is 11.5. The van der Waals surface area contributed by atoms with Crippen molar-refractivity contribution in [3.63, 3.8) is 0 Å². The number of carbonyl (C=O) groups is 3. The summed E-state index contributed by atoms with van der Waals surface area (Å²) in [6, 6.07) is 7.00. The Morgan fingerprint density at radius 3 is 2.64 bits per heavy atom. The van der Waals surface area contributed by atoms with E-state index in [1.807, 2.05) is 6.07 Å². The highest BCUT2D eigenvalue weighted by Gasteiger charge is 2.17. The molecule has 0 heterocycles. The van der Waals surface area contributed by atoms with Gasteiger partial charge < -0.3 is 20.5 Å². The van der Waals surface area contributed by atoms with E-state index >= 15 is 0 Å². The van der Waals surface area contributed by atoms with E-state index in [2.05, 4.69) is 10.6 Å². The number of carbonyl (C=O) groups excluding carboxylic acids is 2. The van der Waals surface area contributed by atoms with Crippen LogP contribution in [-0.2, 0) is 20.7 Å². The standard InChI is InChI=1S/C15H20N2O5/c1-16-14(19)11-5-3-4-10(8-11)6-7-13(18)17-9-12(22-2)15(20)21/h3-5,8,12H,6-7,9H2,1-2H3,(H,16,19)(H,17,18)(H,20,21). The molecule has 0 spiro atoms. The Morgan fingerprint density at radius 1 is 1.32 bits per heavy atom. The summed E-state index contributed by atoms with van der Waals surface area (Å²) in [5.41, 5.74) is 1.39. The Kier molecular flexibility index (Phi) is 7.04. The maximum absolute atomic E-state index is 11.7. The Labute approximate surface area is 128 Å². The van der Waals surface area contributed by atoms with Gasteiger partial charge >= 0.3 is 5.97 Å². The highest BCUT2D eigenvalue weighted by Crippen LogP contribution is 2.07. The molecular formula is C15H20N2O5. The second-order valence-electron chi connectivity index (χ2n) is 4.65. The maximum Gasteiger partial charge on any atom is 0.334 e. The van der Waals surface area contributed by atoms with Crippen LogP contribution in [0.3, 0.4) is 0 Å². The summed E-state index contributed by atoms with van der Waals surface area (Å²) in [6.45, 7) is -0.0804. The molecule has 1 aromatic carbocycles. The number of aliphatic carboxylic acids is 1. The largest absolute Gasteiger partial charge is 0.479 e. The Bertz CT molecular complexity index is 544. The molecule has 1 atom stereocenters. The molecular weight excluding hydrogens is 288 g/mol. The van der Waals surface area contributed by atoms with Crippen LogP contribution in [0.5, 0.6) is 0 Å². The van der Waals surface area contributed by atoms with Crippen LogP contribution in [0.4, 0.5) is 0 Å². The minimum atomic E-state index is -1.12. The van der Waals surface area contributed by atoms with Crippen LogP contribution in [-0.4, -0.2) is 49.7 Å². The molecule has 7 nitrogen and oxygen atoms in total. The fraction of sp³-hybridized carbons (Fsp3) is 0.400. The summed E-state index contributed by atoms with van der Waals surface area (Å²) in [6.07, 6.45) is -0.394. The summed E-state index contributed by atoms with van der Waals surface area (Å²) in [5, 5.41) is 13.8. The van der Waals surface area contributed by atoms with E-state index in [1.54, 1.807) is 25.2 Å². The molecule has 0 aliphatic heterocycles. The van der Waals surface area contributed by atoms with Gasteiger partial charge in [0.2, 0.25) is 5.91 Å². The average molecular weight is 308 g/mol.